The molecule has 0 spiro atoms. The molecule has 0 saturated heterocycles. The second-order valence-corrected chi connectivity index (χ2v) is 7.66. The molecule has 1 amide bonds. The monoisotopic (exact) mass is 431 g/mol. The van der Waals surface area contributed by atoms with Gasteiger partial charge in [-0.2, -0.15) is 0 Å². The smallest absolute Gasteiger partial charge is 0.234 e. The maximum atomic E-state index is 12.2. The molecule has 2 aromatic carbocycles. The van der Waals surface area contributed by atoms with Crippen LogP contribution in [0.2, 0.25) is 0 Å². The Morgan fingerprint density at radius 1 is 1.19 bits per heavy atom. The minimum atomic E-state index is -0.139. The summed E-state index contributed by atoms with van der Waals surface area (Å²) in [4.78, 5) is 12.2. The quantitative estimate of drug-likeness (QED) is 0.474. The first-order valence-electron chi connectivity index (χ1n) is 7.90. The molecule has 0 fully saturated rings. The van der Waals surface area contributed by atoms with Crippen LogP contribution in [0, 0.1) is 13.8 Å². The van der Waals surface area contributed by atoms with Gasteiger partial charge in [-0.3, -0.25) is 4.79 Å². The summed E-state index contributed by atoms with van der Waals surface area (Å²) in [5.41, 5.74) is 3.85. The first kappa shape index (κ1) is 18.5. The van der Waals surface area contributed by atoms with Crippen LogP contribution in [0.3, 0.4) is 0 Å². The van der Waals surface area contributed by atoms with E-state index in [-0.39, 0.29) is 11.7 Å². The lowest BCUT2D eigenvalue weighted by atomic mass is 10.1. The zero-order chi connectivity index (χ0) is 18.7. The van der Waals surface area contributed by atoms with E-state index in [0.29, 0.717) is 11.0 Å². The van der Waals surface area contributed by atoms with Gasteiger partial charge in [-0.1, -0.05) is 41.6 Å². The Morgan fingerprint density at radius 2 is 1.96 bits per heavy atom. The first-order valence-corrected chi connectivity index (χ1v) is 9.68. The Labute approximate surface area is 164 Å². The summed E-state index contributed by atoms with van der Waals surface area (Å²) in [5.74, 6) is 6.71. The number of carbonyl (C=O) groups excluding carboxylic acids is 1. The summed E-state index contributed by atoms with van der Waals surface area (Å²) in [6.45, 7) is 4.00. The van der Waals surface area contributed by atoms with E-state index in [9.17, 15) is 4.79 Å². The Kier molecular flexibility index (Phi) is 5.63. The van der Waals surface area contributed by atoms with Gasteiger partial charge in [-0.05, 0) is 53.5 Å². The van der Waals surface area contributed by atoms with Crippen LogP contribution in [0.15, 0.2) is 52.1 Å². The second-order valence-electron chi connectivity index (χ2n) is 5.87. The molecule has 26 heavy (non-hydrogen) atoms. The third-order valence-electron chi connectivity index (χ3n) is 3.67. The lowest BCUT2D eigenvalue weighted by Crippen LogP contribution is -2.16. The summed E-state index contributed by atoms with van der Waals surface area (Å²) in [6.07, 6.45) is 0. The molecular weight excluding hydrogens is 414 g/mol. The predicted octanol–water partition coefficient (Wildman–Crippen LogP) is 3.77. The number of nitrogen functional groups attached to an aromatic ring is 1. The molecule has 0 aliphatic heterocycles. The van der Waals surface area contributed by atoms with E-state index >= 15 is 0 Å². The molecule has 134 valence electrons. The van der Waals surface area contributed by atoms with Gasteiger partial charge in [-0.15, -0.1) is 10.2 Å². The number of nitrogens with one attached hydrogen (secondary N) is 1. The molecule has 0 aliphatic rings. The predicted molar refractivity (Wildman–Crippen MR) is 109 cm³/mol. The van der Waals surface area contributed by atoms with Gasteiger partial charge in [0.05, 0.1) is 11.4 Å². The van der Waals surface area contributed by atoms with Crippen molar-refractivity contribution in [2.75, 3.05) is 16.9 Å². The first-order chi connectivity index (χ1) is 12.4. The average Bonchev–Trinajstić information content (AvgIpc) is 2.96. The molecule has 6 nitrogen and oxygen atoms in total. The van der Waals surface area contributed by atoms with Crippen LogP contribution in [-0.4, -0.2) is 26.5 Å². The SMILES string of the molecule is Cc1cccc(-c2nnc(SCC(=O)Nc3ccc(C)cc3Br)n2N)c1. The van der Waals surface area contributed by atoms with Gasteiger partial charge in [0, 0.05) is 10.0 Å². The van der Waals surface area contributed by atoms with Gasteiger partial charge in [0.2, 0.25) is 11.1 Å². The van der Waals surface area contributed by atoms with E-state index in [1.165, 1.54) is 16.4 Å². The summed E-state index contributed by atoms with van der Waals surface area (Å²) in [5, 5.41) is 11.6. The molecule has 0 unspecified atom stereocenters. The van der Waals surface area contributed by atoms with Gasteiger partial charge < -0.3 is 11.2 Å². The molecule has 0 saturated carbocycles. The normalized spacial score (nSPS) is 10.7. The zero-order valence-corrected chi connectivity index (χ0v) is 16.8. The van der Waals surface area contributed by atoms with E-state index in [0.717, 1.165) is 26.9 Å². The topological polar surface area (TPSA) is 85.8 Å². The highest BCUT2D eigenvalue weighted by molar-refractivity contribution is 9.10. The fourth-order valence-corrected chi connectivity index (χ4v) is 3.64. The van der Waals surface area contributed by atoms with E-state index in [2.05, 4.69) is 31.4 Å². The molecule has 3 rings (SSSR count). The van der Waals surface area contributed by atoms with Gasteiger partial charge in [-0.25, -0.2) is 4.68 Å². The number of nitrogens with two attached hydrogens (primary N) is 1. The van der Waals surface area contributed by atoms with E-state index in [1.807, 2.05) is 56.3 Å². The molecular formula is C18H18BrN5OS. The highest BCUT2D eigenvalue weighted by Crippen LogP contribution is 2.25. The molecule has 0 atom stereocenters. The summed E-state index contributed by atoms with van der Waals surface area (Å²) in [7, 11) is 0. The van der Waals surface area contributed by atoms with Gasteiger partial charge in [0.25, 0.3) is 0 Å². The van der Waals surface area contributed by atoms with Gasteiger partial charge in [0.15, 0.2) is 5.82 Å². The van der Waals surface area contributed by atoms with Crippen molar-refractivity contribution in [2.24, 2.45) is 0 Å². The fraction of sp³-hybridized carbons (Fsp3) is 0.167. The highest BCUT2D eigenvalue weighted by atomic mass is 79.9. The number of hydrogen-bond donors (Lipinski definition) is 2. The Balaban J connectivity index is 1.66. The summed E-state index contributed by atoms with van der Waals surface area (Å²) < 4.78 is 2.26. The van der Waals surface area contributed by atoms with Crippen LogP contribution < -0.4 is 11.2 Å². The minimum Gasteiger partial charge on any atom is -0.335 e. The van der Waals surface area contributed by atoms with Crippen LogP contribution in [0.1, 0.15) is 11.1 Å². The van der Waals surface area contributed by atoms with Crippen LogP contribution >= 0.6 is 27.7 Å². The maximum Gasteiger partial charge on any atom is 0.234 e. The standard InChI is InChI=1S/C18H18BrN5OS/c1-11-4-3-5-13(8-11)17-22-23-18(24(17)20)26-10-16(25)21-15-7-6-12(2)9-14(15)19/h3-9H,10,20H2,1-2H3,(H,21,25). The molecule has 3 N–H and O–H groups in total. The number of aromatic nitrogens is 3. The average molecular weight is 432 g/mol. The van der Waals surface area contributed by atoms with Crippen molar-refractivity contribution in [3.63, 3.8) is 0 Å². The summed E-state index contributed by atoms with van der Waals surface area (Å²) >= 11 is 4.69. The van der Waals surface area contributed by atoms with Crippen molar-refractivity contribution >= 4 is 39.3 Å². The van der Waals surface area contributed by atoms with Crippen molar-refractivity contribution in [3.05, 3.63) is 58.1 Å². The van der Waals surface area contributed by atoms with Crippen molar-refractivity contribution in [2.45, 2.75) is 19.0 Å². The Hall–Kier alpha value is -2.32. The molecule has 0 aliphatic carbocycles. The molecule has 0 bridgehead atoms. The van der Waals surface area contributed by atoms with Crippen LogP contribution in [-0.2, 0) is 4.79 Å². The van der Waals surface area contributed by atoms with Crippen LogP contribution in [0.4, 0.5) is 5.69 Å². The number of amides is 1. The number of anilines is 1. The number of halogens is 1. The van der Waals surface area contributed by atoms with Crippen molar-refractivity contribution in [1.29, 1.82) is 0 Å². The Morgan fingerprint density at radius 3 is 2.69 bits per heavy atom. The number of thioether (sulfide) groups is 1. The maximum absolute atomic E-state index is 12.2. The van der Waals surface area contributed by atoms with Crippen LogP contribution in [0.5, 0.6) is 0 Å². The second kappa shape index (κ2) is 7.92. The number of nitrogens with zero attached hydrogens (tertiary/aromatic N) is 3. The third kappa shape index (κ3) is 4.25. The van der Waals surface area contributed by atoms with Crippen LogP contribution in [0.25, 0.3) is 11.4 Å². The summed E-state index contributed by atoms with van der Waals surface area (Å²) in [6, 6.07) is 13.6. The van der Waals surface area contributed by atoms with Gasteiger partial charge >= 0.3 is 0 Å². The number of carbonyl (C=O) groups is 1. The molecule has 0 radical (unpaired) electrons. The van der Waals surface area contributed by atoms with E-state index in [1.54, 1.807) is 0 Å². The van der Waals surface area contributed by atoms with E-state index < -0.39 is 0 Å². The Bertz CT molecular complexity index is 957. The minimum absolute atomic E-state index is 0.139. The number of rotatable bonds is 5. The lowest BCUT2D eigenvalue weighted by Gasteiger charge is -2.08. The lowest BCUT2D eigenvalue weighted by molar-refractivity contribution is -0.113. The third-order valence-corrected chi connectivity index (χ3v) is 5.27. The number of hydrogen-bond acceptors (Lipinski definition) is 5. The van der Waals surface area contributed by atoms with Crippen molar-refractivity contribution in [1.82, 2.24) is 14.9 Å². The zero-order valence-electron chi connectivity index (χ0n) is 14.4. The molecule has 3 aromatic rings. The highest BCUT2D eigenvalue weighted by Gasteiger charge is 2.14. The largest absolute Gasteiger partial charge is 0.335 e. The fourth-order valence-electron chi connectivity index (χ4n) is 2.39. The molecule has 8 heteroatoms. The van der Waals surface area contributed by atoms with Crippen molar-refractivity contribution < 1.29 is 4.79 Å². The van der Waals surface area contributed by atoms with E-state index in [4.69, 9.17) is 5.84 Å². The number of aryl methyl sites for hydroxylation is 2. The molecule has 1 heterocycles. The van der Waals surface area contributed by atoms with Gasteiger partial charge in [0.1, 0.15) is 0 Å². The van der Waals surface area contributed by atoms with Crippen molar-refractivity contribution in [3.8, 4) is 11.4 Å². The molecule has 1 aromatic heterocycles. The number of benzene rings is 2.